The maximum absolute atomic E-state index is 11.7. The van der Waals surface area contributed by atoms with Crippen molar-refractivity contribution in [2.75, 3.05) is 13.7 Å². The lowest BCUT2D eigenvalue weighted by molar-refractivity contribution is 0.0600. The summed E-state index contributed by atoms with van der Waals surface area (Å²) in [5.41, 5.74) is 4.34. The fraction of sp³-hybridized carbons (Fsp3) is 0.278. The van der Waals surface area contributed by atoms with E-state index in [2.05, 4.69) is 36.5 Å². The highest BCUT2D eigenvalue weighted by Gasteiger charge is 2.26. The Kier molecular flexibility index (Phi) is 3.76. The van der Waals surface area contributed by atoms with Crippen LogP contribution < -0.4 is 5.32 Å². The lowest BCUT2D eigenvalue weighted by Gasteiger charge is -2.31. The number of carbonyl (C=O) groups excluding carboxylic acids is 1. The first-order valence-corrected chi connectivity index (χ1v) is 7.21. The van der Waals surface area contributed by atoms with E-state index in [1.807, 2.05) is 24.3 Å². The number of carbonyl (C=O) groups is 1. The second-order valence-corrected chi connectivity index (χ2v) is 5.49. The Morgan fingerprint density at radius 1 is 1.14 bits per heavy atom. The van der Waals surface area contributed by atoms with E-state index in [1.54, 1.807) is 0 Å². The molecule has 3 rings (SSSR count). The third-order valence-electron chi connectivity index (χ3n) is 4.11. The van der Waals surface area contributed by atoms with Gasteiger partial charge in [-0.15, -0.1) is 0 Å². The van der Waals surface area contributed by atoms with Crippen LogP contribution in [0.15, 0.2) is 48.5 Å². The van der Waals surface area contributed by atoms with Crippen LogP contribution in [0.1, 0.15) is 45.9 Å². The second-order valence-electron chi connectivity index (χ2n) is 5.49. The molecule has 0 spiro atoms. The van der Waals surface area contributed by atoms with Crippen molar-refractivity contribution in [3.05, 3.63) is 70.8 Å². The van der Waals surface area contributed by atoms with Crippen LogP contribution >= 0.6 is 0 Å². The van der Waals surface area contributed by atoms with Gasteiger partial charge in [0.2, 0.25) is 0 Å². The number of hydrogen-bond donors (Lipinski definition) is 1. The van der Waals surface area contributed by atoms with Gasteiger partial charge in [0, 0.05) is 6.54 Å². The predicted molar refractivity (Wildman–Crippen MR) is 82.5 cm³/mol. The minimum Gasteiger partial charge on any atom is -0.465 e. The van der Waals surface area contributed by atoms with Crippen molar-refractivity contribution in [1.82, 2.24) is 5.32 Å². The molecule has 0 amide bonds. The molecule has 0 saturated carbocycles. The predicted octanol–water partition coefficient (Wildman–Crippen LogP) is 3.27. The molecule has 0 bridgehead atoms. The van der Waals surface area contributed by atoms with E-state index in [1.165, 1.54) is 23.8 Å². The van der Waals surface area contributed by atoms with Gasteiger partial charge in [0.25, 0.3) is 0 Å². The summed E-state index contributed by atoms with van der Waals surface area (Å²) in [5, 5.41) is 3.59. The fourth-order valence-electron chi connectivity index (χ4n) is 2.97. The number of esters is 1. The number of benzene rings is 2. The molecule has 2 aromatic rings. The zero-order chi connectivity index (χ0) is 14.8. The first-order chi connectivity index (χ1) is 10.2. The summed E-state index contributed by atoms with van der Waals surface area (Å²) in [6.45, 7) is 3.07. The number of hydrogen-bond acceptors (Lipinski definition) is 3. The molecule has 3 heteroatoms. The van der Waals surface area contributed by atoms with Crippen LogP contribution in [-0.2, 0) is 4.74 Å². The summed E-state index contributed by atoms with van der Waals surface area (Å²) in [5.74, 6) is 0.101. The molecule has 0 unspecified atom stereocenters. The van der Waals surface area contributed by atoms with Gasteiger partial charge in [0.1, 0.15) is 0 Å². The molecular formula is C18H19NO2. The van der Waals surface area contributed by atoms with Crippen LogP contribution in [-0.4, -0.2) is 19.6 Å². The Balaban J connectivity index is 2.05. The lowest BCUT2D eigenvalue weighted by Crippen LogP contribution is -2.33. The molecule has 1 heterocycles. The summed E-state index contributed by atoms with van der Waals surface area (Å²) in [6, 6.07) is 16.4. The molecule has 2 aromatic carbocycles. The Labute approximate surface area is 124 Å². The average Bonchev–Trinajstić information content (AvgIpc) is 2.55. The summed E-state index contributed by atoms with van der Waals surface area (Å²) in [6.07, 6.45) is 0. The van der Waals surface area contributed by atoms with Crippen LogP contribution in [0.5, 0.6) is 0 Å². The molecule has 2 atom stereocenters. The van der Waals surface area contributed by atoms with E-state index in [0.29, 0.717) is 11.5 Å². The molecular weight excluding hydrogens is 262 g/mol. The fourth-order valence-corrected chi connectivity index (χ4v) is 2.97. The molecule has 0 fully saturated rings. The van der Waals surface area contributed by atoms with Crippen molar-refractivity contribution in [3.63, 3.8) is 0 Å². The van der Waals surface area contributed by atoms with E-state index in [9.17, 15) is 4.79 Å². The molecule has 0 radical (unpaired) electrons. The Hall–Kier alpha value is -2.13. The molecule has 1 aliphatic rings. The van der Waals surface area contributed by atoms with Crippen LogP contribution in [0.25, 0.3) is 0 Å². The van der Waals surface area contributed by atoms with Crippen LogP contribution in [0, 0.1) is 0 Å². The van der Waals surface area contributed by atoms with Gasteiger partial charge in [0.15, 0.2) is 0 Å². The quantitative estimate of drug-likeness (QED) is 0.859. The molecule has 0 aliphatic carbocycles. The van der Waals surface area contributed by atoms with Crippen molar-refractivity contribution < 1.29 is 9.53 Å². The highest BCUT2D eigenvalue weighted by Crippen LogP contribution is 2.34. The molecule has 1 aliphatic heterocycles. The molecule has 1 N–H and O–H groups in total. The van der Waals surface area contributed by atoms with Gasteiger partial charge in [-0.05, 0) is 34.7 Å². The van der Waals surface area contributed by atoms with E-state index < -0.39 is 0 Å². The normalized spacial score (nSPS) is 20.7. The topological polar surface area (TPSA) is 38.3 Å². The van der Waals surface area contributed by atoms with Crippen molar-refractivity contribution in [3.8, 4) is 0 Å². The molecule has 0 saturated heterocycles. The van der Waals surface area contributed by atoms with Gasteiger partial charge in [-0.3, -0.25) is 0 Å². The summed E-state index contributed by atoms with van der Waals surface area (Å²) in [7, 11) is 1.42. The average molecular weight is 281 g/mol. The highest BCUT2D eigenvalue weighted by molar-refractivity contribution is 5.89. The van der Waals surface area contributed by atoms with Gasteiger partial charge in [-0.25, -0.2) is 4.79 Å². The minimum absolute atomic E-state index is 0.184. The molecule has 3 nitrogen and oxygen atoms in total. The monoisotopic (exact) mass is 281 g/mol. The molecule has 0 aromatic heterocycles. The summed E-state index contributed by atoms with van der Waals surface area (Å²) in [4.78, 5) is 11.7. The van der Waals surface area contributed by atoms with Crippen LogP contribution in [0.4, 0.5) is 0 Å². The molecule has 21 heavy (non-hydrogen) atoms. The van der Waals surface area contributed by atoms with Crippen LogP contribution in [0.2, 0.25) is 0 Å². The van der Waals surface area contributed by atoms with E-state index in [4.69, 9.17) is 4.74 Å². The first-order valence-electron chi connectivity index (χ1n) is 7.21. The van der Waals surface area contributed by atoms with Crippen LogP contribution in [0.3, 0.4) is 0 Å². The van der Waals surface area contributed by atoms with Crippen molar-refractivity contribution in [1.29, 1.82) is 0 Å². The van der Waals surface area contributed by atoms with E-state index in [-0.39, 0.29) is 12.0 Å². The SMILES string of the molecule is COC(=O)c1ccc2c(c1)[C@H](C)CN[C@@H]2c1ccccc1. The third-order valence-corrected chi connectivity index (χ3v) is 4.11. The van der Waals surface area contributed by atoms with Gasteiger partial charge < -0.3 is 10.1 Å². The first kappa shape index (κ1) is 13.8. The van der Waals surface area contributed by atoms with Gasteiger partial charge in [-0.1, -0.05) is 43.3 Å². The zero-order valence-electron chi connectivity index (χ0n) is 12.3. The van der Waals surface area contributed by atoms with Crippen molar-refractivity contribution >= 4 is 5.97 Å². The Morgan fingerprint density at radius 2 is 1.90 bits per heavy atom. The maximum Gasteiger partial charge on any atom is 0.337 e. The van der Waals surface area contributed by atoms with Gasteiger partial charge in [0.05, 0.1) is 18.7 Å². The Bertz CT molecular complexity index is 652. The summed E-state index contributed by atoms with van der Waals surface area (Å²) >= 11 is 0. The van der Waals surface area contributed by atoms with Crippen molar-refractivity contribution in [2.45, 2.75) is 18.9 Å². The summed E-state index contributed by atoms with van der Waals surface area (Å²) < 4.78 is 4.82. The van der Waals surface area contributed by atoms with E-state index in [0.717, 1.165) is 6.54 Å². The maximum atomic E-state index is 11.7. The minimum atomic E-state index is -0.278. The van der Waals surface area contributed by atoms with Gasteiger partial charge in [-0.2, -0.15) is 0 Å². The highest BCUT2D eigenvalue weighted by atomic mass is 16.5. The van der Waals surface area contributed by atoms with Crippen molar-refractivity contribution in [2.24, 2.45) is 0 Å². The third kappa shape index (κ3) is 2.57. The number of ether oxygens (including phenoxy) is 1. The van der Waals surface area contributed by atoms with Gasteiger partial charge >= 0.3 is 5.97 Å². The largest absolute Gasteiger partial charge is 0.465 e. The number of nitrogens with one attached hydrogen (secondary N) is 1. The standard InChI is InChI=1S/C18H19NO2/c1-12-11-19-17(13-6-4-3-5-7-13)15-9-8-14(10-16(12)15)18(20)21-2/h3-10,12,17,19H,11H2,1-2H3/t12-,17-/m1/s1. The van der Waals surface area contributed by atoms with E-state index >= 15 is 0 Å². The lowest BCUT2D eigenvalue weighted by atomic mass is 9.84. The second kappa shape index (κ2) is 5.70. The number of methoxy groups -OCH3 is 1. The Morgan fingerprint density at radius 3 is 2.62 bits per heavy atom. The molecule has 108 valence electrons. The number of fused-ring (bicyclic) bond motifs is 1. The number of rotatable bonds is 2. The smallest absolute Gasteiger partial charge is 0.337 e. The zero-order valence-corrected chi connectivity index (χ0v) is 12.3.